The summed E-state index contributed by atoms with van der Waals surface area (Å²) in [5.41, 5.74) is 3.33. The van der Waals surface area contributed by atoms with Crippen molar-refractivity contribution in [2.45, 2.75) is 96.2 Å². The third-order valence-corrected chi connectivity index (χ3v) is 9.14. The second-order valence-electron chi connectivity index (χ2n) is 12.9. The standard InChI is InChI=1S/C35H45N3O4/c1-24(2)12-13-25-14-16-27(17-15-25)20-28-22-30(39)23-29(21-26-8-4-3-5-9-26)36-33(40)31-10-6-18-37(31)35(42)32-11-7-19-38(32)34(28)41/h3-5,8-9,14-17,24,28-29,31-32H,6-7,10-13,18-23H2,1-2H3,(H,36,40)/t28-,29?,31+,32+/m1/s1. The maximum Gasteiger partial charge on any atom is 0.246 e. The van der Waals surface area contributed by atoms with Crippen LogP contribution in [0.1, 0.15) is 75.5 Å². The van der Waals surface area contributed by atoms with Crippen LogP contribution in [0.25, 0.3) is 0 Å². The summed E-state index contributed by atoms with van der Waals surface area (Å²) in [6.07, 6.45) is 6.05. The van der Waals surface area contributed by atoms with Crippen LogP contribution >= 0.6 is 0 Å². The van der Waals surface area contributed by atoms with Gasteiger partial charge in [-0.3, -0.25) is 19.2 Å². The maximum atomic E-state index is 14.1. The van der Waals surface area contributed by atoms with E-state index in [-0.39, 0.29) is 36.3 Å². The number of hydrogen-bond donors (Lipinski definition) is 1. The van der Waals surface area contributed by atoms with Crippen molar-refractivity contribution in [2.75, 3.05) is 13.1 Å². The molecule has 2 aromatic rings. The van der Waals surface area contributed by atoms with Crippen molar-refractivity contribution >= 4 is 23.5 Å². The van der Waals surface area contributed by atoms with E-state index >= 15 is 0 Å². The summed E-state index contributed by atoms with van der Waals surface area (Å²) in [5, 5.41) is 3.14. The number of hydrogen-bond acceptors (Lipinski definition) is 4. The predicted octanol–water partition coefficient (Wildman–Crippen LogP) is 4.51. The lowest BCUT2D eigenvalue weighted by atomic mass is 9.89. The predicted molar refractivity (Wildman–Crippen MR) is 163 cm³/mol. The summed E-state index contributed by atoms with van der Waals surface area (Å²) >= 11 is 0. The quantitative estimate of drug-likeness (QED) is 0.530. The van der Waals surface area contributed by atoms with Crippen LogP contribution in [0.4, 0.5) is 0 Å². The first-order chi connectivity index (χ1) is 20.3. The third kappa shape index (κ3) is 7.29. The first-order valence-electron chi connectivity index (χ1n) is 15.8. The van der Waals surface area contributed by atoms with E-state index in [2.05, 4.69) is 43.4 Å². The highest BCUT2D eigenvalue weighted by Crippen LogP contribution is 2.29. The molecule has 1 N–H and O–H groups in total. The second-order valence-corrected chi connectivity index (χ2v) is 12.9. The Balaban J connectivity index is 1.42. The van der Waals surface area contributed by atoms with Gasteiger partial charge in [0.25, 0.3) is 0 Å². The van der Waals surface area contributed by atoms with Crippen LogP contribution < -0.4 is 5.32 Å². The van der Waals surface area contributed by atoms with Gasteiger partial charge in [-0.25, -0.2) is 0 Å². The fourth-order valence-electron chi connectivity index (χ4n) is 6.85. The highest BCUT2D eigenvalue weighted by molar-refractivity contribution is 5.95. The highest BCUT2D eigenvalue weighted by Gasteiger charge is 2.44. The van der Waals surface area contributed by atoms with Crippen molar-refractivity contribution < 1.29 is 19.2 Å². The molecule has 3 fully saturated rings. The van der Waals surface area contributed by atoms with E-state index in [9.17, 15) is 19.2 Å². The Morgan fingerprint density at radius 2 is 1.36 bits per heavy atom. The maximum absolute atomic E-state index is 14.1. The van der Waals surface area contributed by atoms with Crippen molar-refractivity contribution in [3.05, 3.63) is 71.3 Å². The molecule has 0 aliphatic carbocycles. The number of fused-ring (bicyclic) bond motifs is 2. The number of carbonyl (C=O) groups is 4. The minimum atomic E-state index is -0.567. The van der Waals surface area contributed by atoms with E-state index in [1.54, 1.807) is 9.80 Å². The lowest BCUT2D eigenvalue weighted by Crippen LogP contribution is -2.54. The van der Waals surface area contributed by atoms with Gasteiger partial charge in [-0.15, -0.1) is 0 Å². The molecule has 224 valence electrons. The Kier molecular flexibility index (Phi) is 9.76. The normalized spacial score (nSPS) is 25.5. The second kappa shape index (κ2) is 13.7. The monoisotopic (exact) mass is 571 g/mol. The zero-order valence-electron chi connectivity index (χ0n) is 25.1. The van der Waals surface area contributed by atoms with E-state index in [0.29, 0.717) is 44.7 Å². The van der Waals surface area contributed by atoms with E-state index < -0.39 is 24.0 Å². The zero-order valence-corrected chi connectivity index (χ0v) is 25.1. The van der Waals surface area contributed by atoms with Gasteiger partial charge >= 0.3 is 0 Å². The van der Waals surface area contributed by atoms with Crippen LogP contribution in [0.2, 0.25) is 0 Å². The van der Waals surface area contributed by atoms with E-state index in [0.717, 1.165) is 36.8 Å². The SMILES string of the molecule is CC(C)CCc1ccc(C[C@@H]2CC(=O)CC(Cc3ccccc3)NC(=O)[C@@H]3CCCN3C(=O)[C@@H]3CCCN3C2=O)cc1. The highest BCUT2D eigenvalue weighted by atomic mass is 16.2. The number of nitrogens with one attached hydrogen (secondary N) is 1. The number of nitrogens with zero attached hydrogens (tertiary/aromatic N) is 2. The lowest BCUT2D eigenvalue weighted by Gasteiger charge is -2.32. The molecule has 3 aliphatic heterocycles. The molecule has 0 aromatic heterocycles. The van der Waals surface area contributed by atoms with Crippen LogP contribution in [-0.4, -0.2) is 64.5 Å². The molecule has 3 heterocycles. The Labute approximate surface area is 250 Å². The van der Waals surface area contributed by atoms with Crippen molar-refractivity contribution in [3.8, 4) is 0 Å². The molecule has 0 spiro atoms. The molecule has 3 aliphatic rings. The van der Waals surface area contributed by atoms with E-state index in [1.165, 1.54) is 5.56 Å². The number of benzene rings is 2. The third-order valence-electron chi connectivity index (χ3n) is 9.14. The lowest BCUT2D eigenvalue weighted by molar-refractivity contribution is -0.148. The number of aryl methyl sites for hydroxylation is 1. The minimum absolute atomic E-state index is 0.0345. The molecule has 0 saturated carbocycles. The molecule has 3 saturated heterocycles. The Morgan fingerprint density at radius 3 is 2.05 bits per heavy atom. The smallest absolute Gasteiger partial charge is 0.246 e. The van der Waals surface area contributed by atoms with Gasteiger partial charge in [0.05, 0.1) is 0 Å². The first-order valence-corrected chi connectivity index (χ1v) is 15.8. The summed E-state index contributed by atoms with van der Waals surface area (Å²) in [7, 11) is 0. The van der Waals surface area contributed by atoms with Gasteiger partial charge in [-0.2, -0.15) is 0 Å². The van der Waals surface area contributed by atoms with Gasteiger partial charge in [0.1, 0.15) is 17.9 Å². The van der Waals surface area contributed by atoms with Crippen LogP contribution in [0.15, 0.2) is 54.6 Å². The molecule has 1 unspecified atom stereocenters. The molecule has 7 nitrogen and oxygen atoms in total. The number of rotatable bonds is 7. The molecule has 7 heteroatoms. The average molecular weight is 572 g/mol. The first kappa shape index (κ1) is 30.0. The van der Waals surface area contributed by atoms with E-state index in [1.807, 2.05) is 30.3 Å². The molecule has 4 atom stereocenters. The van der Waals surface area contributed by atoms with Gasteiger partial charge in [0, 0.05) is 37.9 Å². The van der Waals surface area contributed by atoms with Crippen LogP contribution in [0.3, 0.4) is 0 Å². The number of ketones is 1. The Bertz CT molecular complexity index is 1260. The molecule has 3 amide bonds. The summed E-state index contributed by atoms with van der Waals surface area (Å²) in [4.78, 5) is 58.5. The number of Topliss-reactive ketones (excluding diaryl/α,β-unsaturated/α-hetero) is 1. The van der Waals surface area contributed by atoms with E-state index in [4.69, 9.17) is 0 Å². The van der Waals surface area contributed by atoms with Crippen LogP contribution in [0, 0.1) is 11.8 Å². The number of carbonyl (C=O) groups excluding carboxylic acids is 4. The molecule has 42 heavy (non-hydrogen) atoms. The van der Waals surface area contributed by atoms with Crippen molar-refractivity contribution in [2.24, 2.45) is 11.8 Å². The molecular weight excluding hydrogens is 526 g/mol. The molecule has 5 rings (SSSR count). The van der Waals surface area contributed by atoms with Gasteiger partial charge < -0.3 is 15.1 Å². The largest absolute Gasteiger partial charge is 0.351 e. The van der Waals surface area contributed by atoms with Crippen molar-refractivity contribution in [3.63, 3.8) is 0 Å². The Morgan fingerprint density at radius 1 is 0.738 bits per heavy atom. The average Bonchev–Trinajstić information content (AvgIpc) is 3.66. The van der Waals surface area contributed by atoms with Crippen molar-refractivity contribution in [1.82, 2.24) is 15.1 Å². The summed E-state index contributed by atoms with van der Waals surface area (Å²) in [6, 6.07) is 16.7. The molecular formula is C35H45N3O4. The molecule has 2 aromatic carbocycles. The minimum Gasteiger partial charge on any atom is -0.351 e. The van der Waals surface area contributed by atoms with Crippen LogP contribution in [-0.2, 0) is 38.4 Å². The van der Waals surface area contributed by atoms with Gasteiger partial charge in [0.2, 0.25) is 17.7 Å². The van der Waals surface area contributed by atoms with Gasteiger partial charge in [-0.05, 0) is 74.0 Å². The van der Waals surface area contributed by atoms with Crippen molar-refractivity contribution in [1.29, 1.82) is 0 Å². The topological polar surface area (TPSA) is 86.8 Å². The fraction of sp³-hybridized carbons (Fsp3) is 0.543. The zero-order chi connectivity index (χ0) is 29.6. The van der Waals surface area contributed by atoms with Gasteiger partial charge in [-0.1, -0.05) is 68.4 Å². The Hall–Kier alpha value is -3.48. The summed E-state index contributed by atoms with van der Waals surface area (Å²) in [5.74, 6) is -0.382. The number of amides is 3. The van der Waals surface area contributed by atoms with Crippen LogP contribution in [0.5, 0.6) is 0 Å². The summed E-state index contributed by atoms with van der Waals surface area (Å²) < 4.78 is 0. The summed E-state index contributed by atoms with van der Waals surface area (Å²) in [6.45, 7) is 5.47. The molecule has 0 bridgehead atoms. The fourth-order valence-corrected chi connectivity index (χ4v) is 6.85. The van der Waals surface area contributed by atoms with Gasteiger partial charge in [0.15, 0.2) is 0 Å². The molecule has 0 radical (unpaired) electrons.